The van der Waals surface area contributed by atoms with E-state index in [0.29, 0.717) is 21.9 Å². The molecule has 0 N–H and O–H groups in total. The number of aromatic nitrogens is 3. The summed E-state index contributed by atoms with van der Waals surface area (Å²) in [5.41, 5.74) is 2.71. The van der Waals surface area contributed by atoms with E-state index in [-0.39, 0.29) is 17.2 Å². The van der Waals surface area contributed by atoms with Crippen molar-refractivity contribution in [3.8, 4) is 5.75 Å². The fourth-order valence-corrected chi connectivity index (χ4v) is 4.33. The van der Waals surface area contributed by atoms with E-state index < -0.39 is 0 Å². The lowest BCUT2D eigenvalue weighted by molar-refractivity contribution is -0.115. The Labute approximate surface area is 177 Å². The predicted octanol–water partition coefficient (Wildman–Crippen LogP) is 3.19. The normalized spacial score (nSPS) is 11.2. The Bertz CT molecular complexity index is 1310. The highest BCUT2D eigenvalue weighted by Crippen LogP contribution is 2.29. The first kappa shape index (κ1) is 20.0. The van der Waals surface area contributed by atoms with Gasteiger partial charge in [-0.1, -0.05) is 30.0 Å². The molecule has 2 aromatic heterocycles. The monoisotopic (exact) mass is 422 g/mol. The molecular weight excluding hydrogens is 400 g/mol. The van der Waals surface area contributed by atoms with E-state index in [2.05, 4.69) is 0 Å². The van der Waals surface area contributed by atoms with Gasteiger partial charge in [-0.3, -0.25) is 14.2 Å². The average molecular weight is 423 g/mol. The van der Waals surface area contributed by atoms with Crippen LogP contribution in [0.1, 0.15) is 0 Å². The molecule has 0 saturated heterocycles. The molecule has 0 bridgehead atoms. The molecular formula is C22H22N4O3S. The van der Waals surface area contributed by atoms with Crippen LogP contribution in [0.2, 0.25) is 0 Å². The fraction of sp³-hybridized carbons (Fsp3) is 0.227. The van der Waals surface area contributed by atoms with Gasteiger partial charge < -0.3 is 14.2 Å². The van der Waals surface area contributed by atoms with Gasteiger partial charge in [0.05, 0.1) is 18.4 Å². The van der Waals surface area contributed by atoms with Crippen molar-refractivity contribution >= 4 is 45.3 Å². The third-order valence-electron chi connectivity index (χ3n) is 5.22. The first-order valence-electron chi connectivity index (χ1n) is 9.40. The predicted molar refractivity (Wildman–Crippen MR) is 121 cm³/mol. The van der Waals surface area contributed by atoms with Crippen LogP contribution in [0.15, 0.2) is 58.5 Å². The van der Waals surface area contributed by atoms with E-state index in [0.717, 1.165) is 16.6 Å². The average Bonchev–Trinajstić information content (AvgIpc) is 3.06. The van der Waals surface area contributed by atoms with Gasteiger partial charge in [-0.15, -0.1) is 0 Å². The summed E-state index contributed by atoms with van der Waals surface area (Å²) in [5, 5.41) is 1.34. The lowest BCUT2D eigenvalue weighted by atomic mass is 10.2. The minimum atomic E-state index is -0.149. The zero-order valence-corrected chi connectivity index (χ0v) is 18.1. The standard InChI is InChI=1S/C22H22N4O3S/c1-24(14-8-6-5-7-9-14)18(27)13-30-22-23-19-16-12-15(29-4)10-11-17(16)25(2)20(19)21(28)26(22)3/h5-12H,13H2,1-4H3. The third-order valence-corrected chi connectivity index (χ3v) is 6.24. The molecule has 4 aromatic rings. The van der Waals surface area contributed by atoms with Crippen molar-refractivity contribution in [3.05, 3.63) is 58.9 Å². The number of nitrogens with zero attached hydrogens (tertiary/aromatic N) is 4. The van der Waals surface area contributed by atoms with Gasteiger partial charge in [0.25, 0.3) is 5.56 Å². The van der Waals surface area contributed by atoms with E-state index in [4.69, 9.17) is 9.72 Å². The number of thioether (sulfide) groups is 1. The maximum absolute atomic E-state index is 13.1. The number of anilines is 1. The smallest absolute Gasteiger partial charge is 0.278 e. The van der Waals surface area contributed by atoms with E-state index in [1.165, 1.54) is 16.3 Å². The number of ether oxygens (including phenoxy) is 1. The van der Waals surface area contributed by atoms with Gasteiger partial charge in [0.15, 0.2) is 5.16 Å². The first-order valence-corrected chi connectivity index (χ1v) is 10.4. The molecule has 2 aromatic carbocycles. The first-order chi connectivity index (χ1) is 14.4. The molecule has 0 aliphatic heterocycles. The molecule has 0 radical (unpaired) electrons. The van der Waals surface area contributed by atoms with Gasteiger partial charge in [0.1, 0.15) is 16.8 Å². The summed E-state index contributed by atoms with van der Waals surface area (Å²) in [6, 6.07) is 15.1. The minimum Gasteiger partial charge on any atom is -0.497 e. The molecule has 0 saturated carbocycles. The van der Waals surface area contributed by atoms with Crippen molar-refractivity contribution in [1.82, 2.24) is 14.1 Å². The summed E-state index contributed by atoms with van der Waals surface area (Å²) in [6.07, 6.45) is 0. The van der Waals surface area contributed by atoms with Crippen molar-refractivity contribution in [1.29, 1.82) is 0 Å². The van der Waals surface area contributed by atoms with Gasteiger partial charge in [-0.2, -0.15) is 0 Å². The second-order valence-electron chi connectivity index (χ2n) is 6.97. The Morgan fingerprint density at radius 3 is 2.57 bits per heavy atom. The Morgan fingerprint density at radius 1 is 1.13 bits per heavy atom. The topological polar surface area (TPSA) is 69.4 Å². The number of rotatable bonds is 5. The molecule has 0 aliphatic rings. The molecule has 1 amide bonds. The quantitative estimate of drug-likeness (QED) is 0.365. The molecule has 154 valence electrons. The second kappa shape index (κ2) is 7.87. The van der Waals surface area contributed by atoms with Crippen molar-refractivity contribution in [2.24, 2.45) is 14.1 Å². The molecule has 2 heterocycles. The van der Waals surface area contributed by atoms with Crippen molar-refractivity contribution < 1.29 is 9.53 Å². The summed E-state index contributed by atoms with van der Waals surface area (Å²) < 4.78 is 8.68. The molecule has 4 rings (SSSR count). The van der Waals surface area contributed by atoms with Crippen LogP contribution in [0.5, 0.6) is 5.75 Å². The number of aryl methyl sites for hydroxylation is 1. The maximum Gasteiger partial charge on any atom is 0.278 e. The fourth-order valence-electron chi connectivity index (χ4n) is 3.45. The Kier molecular flexibility index (Phi) is 5.26. The van der Waals surface area contributed by atoms with Crippen molar-refractivity contribution in [3.63, 3.8) is 0 Å². The summed E-state index contributed by atoms with van der Waals surface area (Å²) in [4.78, 5) is 32.0. The Balaban J connectivity index is 1.71. The van der Waals surface area contributed by atoms with Gasteiger partial charge in [0.2, 0.25) is 5.91 Å². The van der Waals surface area contributed by atoms with Crippen LogP contribution in [-0.4, -0.2) is 39.9 Å². The van der Waals surface area contributed by atoms with Gasteiger partial charge in [-0.25, -0.2) is 4.98 Å². The lowest BCUT2D eigenvalue weighted by Crippen LogP contribution is -2.28. The Morgan fingerprint density at radius 2 is 1.87 bits per heavy atom. The molecule has 0 atom stereocenters. The largest absolute Gasteiger partial charge is 0.497 e. The summed E-state index contributed by atoms with van der Waals surface area (Å²) in [7, 11) is 6.88. The van der Waals surface area contributed by atoms with Gasteiger partial charge in [0, 0.05) is 32.2 Å². The molecule has 0 fully saturated rings. The SMILES string of the molecule is COc1ccc2c(c1)c1nc(SCC(=O)N(C)c3ccccc3)n(C)c(=O)c1n2C. The van der Waals surface area contributed by atoms with Crippen LogP contribution < -0.4 is 15.2 Å². The van der Waals surface area contributed by atoms with Gasteiger partial charge in [-0.05, 0) is 30.3 Å². The summed E-state index contributed by atoms with van der Waals surface area (Å²) in [5.74, 6) is 0.803. The maximum atomic E-state index is 13.1. The molecule has 0 aliphatic carbocycles. The van der Waals surface area contributed by atoms with Crippen LogP contribution >= 0.6 is 11.8 Å². The van der Waals surface area contributed by atoms with Crippen LogP contribution in [-0.2, 0) is 18.9 Å². The minimum absolute atomic E-state index is 0.0693. The summed E-state index contributed by atoms with van der Waals surface area (Å²) in [6.45, 7) is 0. The highest BCUT2D eigenvalue weighted by atomic mass is 32.2. The molecule has 8 heteroatoms. The van der Waals surface area contributed by atoms with E-state index in [1.54, 1.807) is 26.1 Å². The number of carbonyl (C=O) groups is 1. The van der Waals surface area contributed by atoms with E-state index in [9.17, 15) is 9.59 Å². The summed E-state index contributed by atoms with van der Waals surface area (Å²) >= 11 is 1.26. The molecule has 0 spiro atoms. The zero-order chi connectivity index (χ0) is 21.4. The highest BCUT2D eigenvalue weighted by Gasteiger charge is 2.19. The number of fused-ring (bicyclic) bond motifs is 3. The van der Waals surface area contributed by atoms with E-state index >= 15 is 0 Å². The third kappa shape index (κ3) is 3.33. The highest BCUT2D eigenvalue weighted by molar-refractivity contribution is 7.99. The van der Waals surface area contributed by atoms with Crippen LogP contribution in [0.3, 0.4) is 0 Å². The number of hydrogen-bond acceptors (Lipinski definition) is 5. The Hall–Kier alpha value is -3.26. The number of hydrogen-bond donors (Lipinski definition) is 0. The van der Waals surface area contributed by atoms with Crippen molar-refractivity contribution in [2.45, 2.75) is 5.16 Å². The number of methoxy groups -OCH3 is 1. The molecule has 30 heavy (non-hydrogen) atoms. The van der Waals surface area contributed by atoms with E-state index in [1.807, 2.05) is 60.1 Å². The zero-order valence-electron chi connectivity index (χ0n) is 17.2. The van der Waals surface area contributed by atoms with Crippen LogP contribution in [0.4, 0.5) is 5.69 Å². The molecule has 7 nitrogen and oxygen atoms in total. The van der Waals surface area contributed by atoms with Crippen molar-refractivity contribution in [2.75, 3.05) is 24.8 Å². The number of carbonyl (C=O) groups excluding carboxylic acids is 1. The van der Waals surface area contributed by atoms with Gasteiger partial charge >= 0.3 is 0 Å². The number of amides is 1. The lowest BCUT2D eigenvalue weighted by Gasteiger charge is -2.17. The number of benzene rings is 2. The van der Waals surface area contributed by atoms with Crippen LogP contribution in [0.25, 0.3) is 21.9 Å². The van der Waals surface area contributed by atoms with Crippen LogP contribution in [0, 0.1) is 0 Å². The molecule has 0 unspecified atom stereocenters. The number of para-hydroxylation sites is 1. The second-order valence-corrected chi connectivity index (χ2v) is 7.92.